The number of carbonyl (C=O) groups is 2. The van der Waals surface area contributed by atoms with Crippen molar-refractivity contribution in [3.05, 3.63) is 78.1 Å². The molecular formula is C22H24N4O3. The number of carbonyl (C=O) groups excluding carboxylic acids is 2. The lowest BCUT2D eigenvalue weighted by molar-refractivity contribution is -0.133. The van der Waals surface area contributed by atoms with Gasteiger partial charge in [0.1, 0.15) is 0 Å². The molecule has 0 N–H and O–H groups in total. The number of nitrogens with zero attached hydrogens (tertiary/aromatic N) is 4. The van der Waals surface area contributed by atoms with Crippen molar-refractivity contribution in [2.75, 3.05) is 32.6 Å². The normalized spacial score (nSPS) is 10.4. The molecule has 2 aromatic carbocycles. The summed E-state index contributed by atoms with van der Waals surface area (Å²) in [5.74, 6) is -0.794. The fourth-order valence-electron chi connectivity index (χ4n) is 2.75. The van der Waals surface area contributed by atoms with Gasteiger partial charge in [-0.2, -0.15) is 5.10 Å². The molecule has 1 aromatic heterocycles. The Bertz CT molecular complexity index is 949. The highest BCUT2D eigenvalue weighted by Gasteiger charge is 2.14. The van der Waals surface area contributed by atoms with Crippen molar-refractivity contribution >= 4 is 17.6 Å². The van der Waals surface area contributed by atoms with Crippen LogP contribution in [-0.4, -0.2) is 54.3 Å². The minimum Gasteiger partial charge on any atom is -0.452 e. The van der Waals surface area contributed by atoms with Crippen LogP contribution >= 0.6 is 0 Å². The lowest BCUT2D eigenvalue weighted by Crippen LogP contribution is -2.30. The Hall–Kier alpha value is -3.61. The van der Waals surface area contributed by atoms with E-state index >= 15 is 0 Å². The van der Waals surface area contributed by atoms with Crippen LogP contribution < -0.4 is 4.90 Å². The molecule has 0 atom stereocenters. The van der Waals surface area contributed by atoms with Gasteiger partial charge in [-0.15, -0.1) is 0 Å². The van der Waals surface area contributed by atoms with E-state index in [4.69, 9.17) is 4.74 Å². The zero-order chi connectivity index (χ0) is 20.8. The van der Waals surface area contributed by atoms with Crippen LogP contribution in [0.1, 0.15) is 15.9 Å². The Balaban J connectivity index is 1.50. The largest absolute Gasteiger partial charge is 0.452 e. The van der Waals surface area contributed by atoms with Crippen LogP contribution in [0.25, 0.3) is 5.69 Å². The Morgan fingerprint density at radius 1 is 1.00 bits per heavy atom. The monoisotopic (exact) mass is 392 g/mol. The van der Waals surface area contributed by atoms with Gasteiger partial charge in [-0.3, -0.25) is 4.79 Å². The van der Waals surface area contributed by atoms with Crippen molar-refractivity contribution in [1.82, 2.24) is 14.7 Å². The second-order valence-electron chi connectivity index (χ2n) is 6.88. The molecule has 0 fully saturated rings. The molecule has 0 saturated carbocycles. The van der Waals surface area contributed by atoms with Gasteiger partial charge in [-0.25, -0.2) is 9.48 Å². The molecule has 150 valence electrons. The number of aromatic nitrogens is 2. The third-order valence-electron chi connectivity index (χ3n) is 4.50. The van der Waals surface area contributed by atoms with Crippen LogP contribution in [-0.2, 0) is 16.1 Å². The van der Waals surface area contributed by atoms with Gasteiger partial charge in [0, 0.05) is 45.8 Å². The van der Waals surface area contributed by atoms with E-state index in [9.17, 15) is 9.59 Å². The van der Waals surface area contributed by atoms with E-state index in [-0.39, 0.29) is 12.5 Å². The van der Waals surface area contributed by atoms with Crippen molar-refractivity contribution in [3.63, 3.8) is 0 Å². The summed E-state index contributed by atoms with van der Waals surface area (Å²) in [7, 11) is 5.64. The Kier molecular flexibility index (Phi) is 6.29. The molecule has 0 radical (unpaired) electrons. The number of esters is 1. The molecule has 3 aromatic rings. The number of rotatable bonds is 7. The molecule has 1 amide bonds. The summed E-state index contributed by atoms with van der Waals surface area (Å²) >= 11 is 0. The van der Waals surface area contributed by atoms with E-state index in [1.165, 1.54) is 0 Å². The summed E-state index contributed by atoms with van der Waals surface area (Å²) in [5, 5.41) is 4.14. The van der Waals surface area contributed by atoms with Gasteiger partial charge in [0.05, 0.1) is 11.3 Å². The van der Waals surface area contributed by atoms with E-state index in [2.05, 4.69) is 5.10 Å². The lowest BCUT2D eigenvalue weighted by atomic mass is 10.2. The Labute approximate surface area is 170 Å². The third kappa shape index (κ3) is 5.22. The summed E-state index contributed by atoms with van der Waals surface area (Å²) in [6.45, 7) is 0.148. The minimum atomic E-state index is -0.533. The number of anilines is 1. The van der Waals surface area contributed by atoms with Crippen molar-refractivity contribution < 1.29 is 14.3 Å². The molecule has 0 bridgehead atoms. The van der Waals surface area contributed by atoms with E-state index in [0.29, 0.717) is 12.1 Å². The molecule has 0 aliphatic heterocycles. The maximum absolute atomic E-state index is 12.3. The van der Waals surface area contributed by atoms with E-state index in [1.807, 2.05) is 55.5 Å². The summed E-state index contributed by atoms with van der Waals surface area (Å²) < 4.78 is 6.86. The number of hydrogen-bond donors (Lipinski definition) is 0. The van der Waals surface area contributed by atoms with E-state index in [1.54, 1.807) is 47.1 Å². The average Bonchev–Trinajstić information content (AvgIpc) is 3.27. The smallest absolute Gasteiger partial charge is 0.338 e. The second kappa shape index (κ2) is 9.05. The van der Waals surface area contributed by atoms with Gasteiger partial charge in [0.25, 0.3) is 5.91 Å². The topological polar surface area (TPSA) is 67.7 Å². The molecule has 0 aliphatic carbocycles. The number of hydrogen-bond acceptors (Lipinski definition) is 5. The first-order valence-corrected chi connectivity index (χ1v) is 9.21. The molecule has 0 saturated heterocycles. The summed E-state index contributed by atoms with van der Waals surface area (Å²) in [5.41, 5.74) is 3.32. The Morgan fingerprint density at radius 2 is 1.69 bits per heavy atom. The van der Waals surface area contributed by atoms with Crippen LogP contribution in [0.2, 0.25) is 0 Å². The predicted octanol–water partition coefficient (Wildman–Crippen LogP) is 2.75. The first kappa shape index (κ1) is 20.1. The van der Waals surface area contributed by atoms with Gasteiger partial charge < -0.3 is 14.5 Å². The predicted molar refractivity (Wildman–Crippen MR) is 111 cm³/mol. The van der Waals surface area contributed by atoms with Gasteiger partial charge in [-0.05, 0) is 48.0 Å². The summed E-state index contributed by atoms with van der Waals surface area (Å²) in [6, 6.07) is 16.6. The van der Waals surface area contributed by atoms with Crippen molar-refractivity contribution in [2.45, 2.75) is 6.54 Å². The van der Waals surface area contributed by atoms with Crippen LogP contribution in [0.15, 0.2) is 67.0 Å². The first-order valence-electron chi connectivity index (χ1n) is 9.21. The molecule has 0 aliphatic rings. The highest BCUT2D eigenvalue weighted by atomic mass is 16.5. The van der Waals surface area contributed by atoms with Gasteiger partial charge >= 0.3 is 5.97 Å². The zero-order valence-corrected chi connectivity index (χ0v) is 16.8. The molecular weight excluding hydrogens is 368 g/mol. The molecule has 29 heavy (non-hydrogen) atoms. The molecule has 0 spiro atoms. The zero-order valence-electron chi connectivity index (χ0n) is 16.8. The van der Waals surface area contributed by atoms with E-state index < -0.39 is 5.97 Å². The fourth-order valence-corrected chi connectivity index (χ4v) is 2.75. The molecule has 7 nitrogen and oxygen atoms in total. The highest BCUT2D eigenvalue weighted by Crippen LogP contribution is 2.14. The van der Waals surface area contributed by atoms with Gasteiger partial charge in [-0.1, -0.05) is 12.1 Å². The maximum Gasteiger partial charge on any atom is 0.338 e. The standard InChI is InChI=1S/C22H24N4O3/c1-24(2)19-9-5-17(6-10-19)15-25(3)21(27)16-29-22(28)18-7-11-20(12-8-18)26-14-4-13-23-26/h4-14H,15-16H2,1-3H3. The quantitative estimate of drug-likeness (QED) is 0.579. The van der Waals surface area contributed by atoms with Crippen molar-refractivity contribution in [3.8, 4) is 5.69 Å². The first-order chi connectivity index (χ1) is 13.9. The van der Waals surface area contributed by atoms with Crippen molar-refractivity contribution in [2.24, 2.45) is 0 Å². The van der Waals surface area contributed by atoms with Gasteiger partial charge in [0.2, 0.25) is 0 Å². The number of benzene rings is 2. The van der Waals surface area contributed by atoms with Crippen LogP contribution in [0.4, 0.5) is 5.69 Å². The highest BCUT2D eigenvalue weighted by molar-refractivity contribution is 5.91. The van der Waals surface area contributed by atoms with Gasteiger partial charge in [0.15, 0.2) is 6.61 Å². The SMILES string of the molecule is CN(Cc1ccc(N(C)C)cc1)C(=O)COC(=O)c1ccc(-n2cccn2)cc1. The van der Waals surface area contributed by atoms with Crippen LogP contribution in [0.5, 0.6) is 0 Å². The average molecular weight is 392 g/mol. The molecule has 0 unspecified atom stereocenters. The number of likely N-dealkylation sites (N-methyl/N-ethyl adjacent to an activating group) is 1. The summed E-state index contributed by atoms with van der Waals surface area (Å²) in [4.78, 5) is 28.1. The van der Waals surface area contributed by atoms with Crippen LogP contribution in [0, 0.1) is 0 Å². The second-order valence-corrected chi connectivity index (χ2v) is 6.88. The summed E-state index contributed by atoms with van der Waals surface area (Å²) in [6.07, 6.45) is 3.50. The molecule has 1 heterocycles. The number of ether oxygens (including phenoxy) is 1. The molecule has 3 rings (SSSR count). The molecule has 7 heteroatoms. The maximum atomic E-state index is 12.3. The lowest BCUT2D eigenvalue weighted by Gasteiger charge is -2.18. The minimum absolute atomic E-state index is 0.261. The van der Waals surface area contributed by atoms with Crippen molar-refractivity contribution in [1.29, 1.82) is 0 Å². The Morgan fingerprint density at radius 3 is 2.28 bits per heavy atom. The van der Waals surface area contributed by atoms with E-state index in [0.717, 1.165) is 16.9 Å². The fraction of sp³-hybridized carbons (Fsp3) is 0.227. The third-order valence-corrected chi connectivity index (χ3v) is 4.50. The number of amides is 1. The van der Waals surface area contributed by atoms with Crippen LogP contribution in [0.3, 0.4) is 0 Å².